The molecule has 1 aromatic heterocycles. The lowest BCUT2D eigenvalue weighted by Gasteiger charge is -2.07. The largest absolute Gasteiger partial charge is 0.497 e. The molecule has 0 radical (unpaired) electrons. The number of ether oxygens (including phenoxy) is 1. The Bertz CT molecular complexity index is 571. The van der Waals surface area contributed by atoms with E-state index in [9.17, 15) is 4.39 Å². The summed E-state index contributed by atoms with van der Waals surface area (Å²) < 4.78 is 20.2. The number of benzene rings is 1. The zero-order valence-corrected chi connectivity index (χ0v) is 9.22. The number of methoxy groups -OCH3 is 1. The summed E-state index contributed by atoms with van der Waals surface area (Å²) >= 11 is 0. The Morgan fingerprint density at radius 3 is 3.00 bits per heavy atom. The molecule has 0 aliphatic carbocycles. The first-order valence-corrected chi connectivity index (χ1v) is 4.98. The molecule has 2 aromatic rings. The smallest absolute Gasteiger partial charge is 0.213 e. The number of halogens is 1. The highest BCUT2D eigenvalue weighted by Crippen LogP contribution is 2.17. The minimum Gasteiger partial charge on any atom is -0.497 e. The van der Waals surface area contributed by atoms with Crippen LogP contribution < -0.4 is 4.74 Å². The number of nitrogens with zero attached hydrogens (tertiary/aromatic N) is 3. The van der Waals surface area contributed by atoms with Gasteiger partial charge in [-0.15, -0.1) is 0 Å². The number of hydrogen-bond donors (Lipinski definition) is 0. The fourth-order valence-electron chi connectivity index (χ4n) is 1.52. The third-order valence-corrected chi connectivity index (χ3v) is 2.42. The molecule has 0 saturated heterocycles. The van der Waals surface area contributed by atoms with Gasteiger partial charge >= 0.3 is 0 Å². The number of rotatable bonds is 3. The highest BCUT2D eigenvalue weighted by atomic mass is 19.1. The van der Waals surface area contributed by atoms with Crippen LogP contribution in [0, 0.1) is 17.1 Å². The van der Waals surface area contributed by atoms with Gasteiger partial charge < -0.3 is 9.30 Å². The zero-order valence-electron chi connectivity index (χ0n) is 9.22. The molecule has 0 bridgehead atoms. The minimum atomic E-state index is -0.359. The average molecular weight is 231 g/mol. The maximum atomic E-state index is 13.7. The predicted octanol–water partition coefficient (Wildman–Crippen LogP) is 1.95. The molecule has 0 aliphatic rings. The van der Waals surface area contributed by atoms with Crippen LogP contribution in [-0.2, 0) is 6.54 Å². The van der Waals surface area contributed by atoms with E-state index in [2.05, 4.69) is 4.98 Å². The van der Waals surface area contributed by atoms with Crippen LogP contribution >= 0.6 is 0 Å². The molecule has 5 heteroatoms. The quantitative estimate of drug-likeness (QED) is 0.811. The normalized spacial score (nSPS) is 9.94. The lowest BCUT2D eigenvalue weighted by molar-refractivity contribution is 0.410. The molecule has 86 valence electrons. The lowest BCUT2D eigenvalue weighted by Crippen LogP contribution is -2.03. The molecule has 0 spiro atoms. The molecule has 0 amide bonds. The number of aromatic nitrogens is 2. The van der Waals surface area contributed by atoms with Crippen molar-refractivity contribution in [3.8, 4) is 11.8 Å². The monoisotopic (exact) mass is 231 g/mol. The van der Waals surface area contributed by atoms with Gasteiger partial charge in [0.15, 0.2) is 0 Å². The lowest BCUT2D eigenvalue weighted by atomic mass is 10.2. The van der Waals surface area contributed by atoms with E-state index in [-0.39, 0.29) is 18.2 Å². The van der Waals surface area contributed by atoms with Gasteiger partial charge in [-0.3, -0.25) is 0 Å². The first kappa shape index (κ1) is 11.1. The van der Waals surface area contributed by atoms with Crippen LogP contribution in [-0.4, -0.2) is 16.7 Å². The maximum absolute atomic E-state index is 13.7. The molecule has 0 aliphatic heterocycles. The van der Waals surface area contributed by atoms with Crippen LogP contribution in [0.3, 0.4) is 0 Å². The van der Waals surface area contributed by atoms with Crippen molar-refractivity contribution in [3.05, 3.63) is 47.8 Å². The van der Waals surface area contributed by atoms with E-state index >= 15 is 0 Å². The second-order valence-corrected chi connectivity index (χ2v) is 3.45. The zero-order chi connectivity index (χ0) is 12.3. The second-order valence-electron chi connectivity index (χ2n) is 3.45. The van der Waals surface area contributed by atoms with Crippen LogP contribution in [0.15, 0.2) is 30.6 Å². The molecule has 0 saturated carbocycles. The van der Waals surface area contributed by atoms with E-state index in [1.165, 1.54) is 19.4 Å². The minimum absolute atomic E-state index is 0.264. The topological polar surface area (TPSA) is 50.8 Å². The molecule has 0 fully saturated rings. The number of nitriles is 1. The summed E-state index contributed by atoms with van der Waals surface area (Å²) in [5.41, 5.74) is 0.486. The Kier molecular flexibility index (Phi) is 3.06. The SMILES string of the molecule is COc1ccc(Cn2ccnc2C#N)c(F)c1. The van der Waals surface area contributed by atoms with Gasteiger partial charge in [0.25, 0.3) is 0 Å². The molecule has 0 unspecified atom stereocenters. The van der Waals surface area contributed by atoms with Gasteiger partial charge in [0.05, 0.1) is 13.7 Å². The van der Waals surface area contributed by atoms with Gasteiger partial charge in [0.2, 0.25) is 5.82 Å². The molecule has 0 N–H and O–H groups in total. The first-order chi connectivity index (χ1) is 8.24. The van der Waals surface area contributed by atoms with Crippen LogP contribution in [0.4, 0.5) is 4.39 Å². The summed E-state index contributed by atoms with van der Waals surface area (Å²) in [6.07, 6.45) is 3.15. The summed E-state index contributed by atoms with van der Waals surface area (Å²) in [6.45, 7) is 0.277. The average Bonchev–Trinajstić information content (AvgIpc) is 2.79. The number of imidazole rings is 1. The summed E-state index contributed by atoms with van der Waals surface area (Å²) in [5, 5.41) is 8.79. The Morgan fingerprint density at radius 2 is 2.35 bits per heavy atom. The third-order valence-electron chi connectivity index (χ3n) is 2.42. The Hall–Kier alpha value is -2.35. The molecule has 17 heavy (non-hydrogen) atoms. The van der Waals surface area contributed by atoms with E-state index in [1.807, 2.05) is 6.07 Å². The molecular formula is C12H10FN3O. The van der Waals surface area contributed by atoms with Gasteiger partial charge in [-0.1, -0.05) is 6.07 Å². The Morgan fingerprint density at radius 1 is 1.53 bits per heavy atom. The predicted molar refractivity (Wildman–Crippen MR) is 59.0 cm³/mol. The van der Waals surface area contributed by atoms with Crippen molar-refractivity contribution in [1.29, 1.82) is 5.26 Å². The molecule has 4 nitrogen and oxygen atoms in total. The molecule has 0 atom stereocenters. The van der Waals surface area contributed by atoms with E-state index in [1.54, 1.807) is 22.9 Å². The molecular weight excluding hydrogens is 221 g/mol. The van der Waals surface area contributed by atoms with Crippen molar-refractivity contribution >= 4 is 0 Å². The molecule has 1 aromatic carbocycles. The van der Waals surface area contributed by atoms with Gasteiger partial charge in [0.1, 0.15) is 17.6 Å². The highest BCUT2D eigenvalue weighted by molar-refractivity contribution is 5.29. The first-order valence-electron chi connectivity index (χ1n) is 4.98. The second kappa shape index (κ2) is 4.66. The van der Waals surface area contributed by atoms with Crippen LogP contribution in [0.25, 0.3) is 0 Å². The Balaban J connectivity index is 2.28. The molecule has 2 rings (SSSR count). The van der Waals surface area contributed by atoms with Crippen molar-refractivity contribution < 1.29 is 9.13 Å². The van der Waals surface area contributed by atoms with Gasteiger partial charge in [-0.05, 0) is 6.07 Å². The summed E-state index contributed by atoms with van der Waals surface area (Å²) in [7, 11) is 1.48. The van der Waals surface area contributed by atoms with E-state index < -0.39 is 0 Å². The fraction of sp³-hybridized carbons (Fsp3) is 0.167. The summed E-state index contributed by atoms with van der Waals surface area (Å²) in [4.78, 5) is 3.85. The standard InChI is InChI=1S/C12H10FN3O/c1-17-10-3-2-9(11(13)6-10)8-16-5-4-15-12(16)7-14/h2-6H,8H2,1H3. The third kappa shape index (κ3) is 2.26. The summed E-state index contributed by atoms with van der Waals surface area (Å²) in [5.74, 6) is 0.375. The van der Waals surface area contributed by atoms with Gasteiger partial charge in [-0.25, -0.2) is 9.37 Å². The Labute approximate surface area is 97.9 Å². The maximum Gasteiger partial charge on any atom is 0.213 e. The number of hydrogen-bond acceptors (Lipinski definition) is 3. The highest BCUT2D eigenvalue weighted by Gasteiger charge is 2.07. The van der Waals surface area contributed by atoms with Crippen molar-refractivity contribution in [1.82, 2.24) is 9.55 Å². The van der Waals surface area contributed by atoms with Gasteiger partial charge in [0, 0.05) is 24.0 Å². The van der Waals surface area contributed by atoms with Gasteiger partial charge in [-0.2, -0.15) is 5.26 Å². The van der Waals surface area contributed by atoms with Crippen LogP contribution in [0.2, 0.25) is 0 Å². The van der Waals surface area contributed by atoms with E-state index in [0.29, 0.717) is 11.3 Å². The van der Waals surface area contributed by atoms with Crippen molar-refractivity contribution in [2.24, 2.45) is 0 Å². The van der Waals surface area contributed by atoms with E-state index in [0.717, 1.165) is 0 Å². The van der Waals surface area contributed by atoms with Crippen LogP contribution in [0.1, 0.15) is 11.4 Å². The molecule has 1 heterocycles. The fourth-order valence-corrected chi connectivity index (χ4v) is 1.52. The van der Waals surface area contributed by atoms with Crippen LogP contribution in [0.5, 0.6) is 5.75 Å². The van der Waals surface area contributed by atoms with Crippen molar-refractivity contribution in [2.45, 2.75) is 6.54 Å². The summed E-state index contributed by atoms with van der Waals surface area (Å²) in [6, 6.07) is 6.58. The van der Waals surface area contributed by atoms with Crippen molar-refractivity contribution in [3.63, 3.8) is 0 Å². The van der Waals surface area contributed by atoms with E-state index in [4.69, 9.17) is 10.00 Å². The van der Waals surface area contributed by atoms with Crippen molar-refractivity contribution in [2.75, 3.05) is 7.11 Å².